The van der Waals surface area contributed by atoms with Crippen LogP contribution in [0.15, 0.2) is 24.3 Å². The summed E-state index contributed by atoms with van der Waals surface area (Å²) < 4.78 is 0. The molecule has 2 aliphatic rings. The highest BCUT2D eigenvalue weighted by atomic mass is 15.2. The maximum atomic E-state index is 3.57. The summed E-state index contributed by atoms with van der Waals surface area (Å²) in [5, 5.41) is 3.57. The van der Waals surface area contributed by atoms with Crippen LogP contribution in [0.5, 0.6) is 0 Å². The standard InChI is InChI=1S/C19H30N2/c1-3-13-20-15(2)16-9-11-18(12-10-16)21-14-5-7-17-6-4-8-19(17)21/h9-12,15,17,19-20H,3-8,13-14H2,1-2H3. The maximum Gasteiger partial charge on any atom is 0.0369 e. The molecule has 21 heavy (non-hydrogen) atoms. The van der Waals surface area contributed by atoms with E-state index in [1.54, 1.807) is 0 Å². The van der Waals surface area contributed by atoms with Crippen LogP contribution in [0.25, 0.3) is 0 Å². The SMILES string of the molecule is CCCNC(C)c1ccc(N2CCCC3CCCC32)cc1. The molecule has 0 spiro atoms. The fraction of sp³-hybridized carbons (Fsp3) is 0.684. The van der Waals surface area contributed by atoms with Gasteiger partial charge < -0.3 is 10.2 Å². The summed E-state index contributed by atoms with van der Waals surface area (Å²) in [6.07, 6.45) is 8.31. The van der Waals surface area contributed by atoms with Crippen molar-refractivity contribution in [3.63, 3.8) is 0 Å². The van der Waals surface area contributed by atoms with Gasteiger partial charge in [-0.2, -0.15) is 0 Å². The summed E-state index contributed by atoms with van der Waals surface area (Å²) in [6, 6.07) is 10.6. The number of fused-ring (bicyclic) bond motifs is 1. The molecule has 3 rings (SSSR count). The number of nitrogens with zero attached hydrogens (tertiary/aromatic N) is 1. The molecule has 0 radical (unpaired) electrons. The van der Waals surface area contributed by atoms with E-state index in [1.165, 1.54) is 56.3 Å². The van der Waals surface area contributed by atoms with Gasteiger partial charge in [0, 0.05) is 24.3 Å². The summed E-state index contributed by atoms with van der Waals surface area (Å²) in [5.41, 5.74) is 2.85. The molecule has 2 fully saturated rings. The van der Waals surface area contributed by atoms with Crippen LogP contribution >= 0.6 is 0 Å². The lowest BCUT2D eigenvalue weighted by Crippen LogP contribution is -2.42. The Morgan fingerprint density at radius 3 is 2.67 bits per heavy atom. The molecule has 1 aromatic carbocycles. The number of hydrogen-bond donors (Lipinski definition) is 1. The predicted molar refractivity (Wildman–Crippen MR) is 90.9 cm³/mol. The molecule has 1 aromatic rings. The molecule has 3 unspecified atom stereocenters. The van der Waals surface area contributed by atoms with Crippen molar-refractivity contribution in [1.82, 2.24) is 5.32 Å². The van der Waals surface area contributed by atoms with E-state index in [1.807, 2.05) is 0 Å². The van der Waals surface area contributed by atoms with Crippen molar-refractivity contribution in [3.8, 4) is 0 Å². The Bertz CT molecular complexity index is 439. The zero-order chi connectivity index (χ0) is 14.7. The lowest BCUT2D eigenvalue weighted by molar-refractivity contribution is 0.362. The normalized spacial score (nSPS) is 26.7. The van der Waals surface area contributed by atoms with E-state index in [-0.39, 0.29) is 0 Å². The Labute approximate surface area is 129 Å². The van der Waals surface area contributed by atoms with Gasteiger partial charge in [-0.25, -0.2) is 0 Å². The molecule has 0 aromatic heterocycles. The lowest BCUT2D eigenvalue weighted by Gasteiger charge is -2.39. The molecule has 1 aliphatic carbocycles. The van der Waals surface area contributed by atoms with E-state index in [0.29, 0.717) is 6.04 Å². The van der Waals surface area contributed by atoms with Crippen molar-refractivity contribution in [2.24, 2.45) is 5.92 Å². The predicted octanol–water partition coefficient (Wildman–Crippen LogP) is 4.52. The first-order valence-electron chi connectivity index (χ1n) is 8.89. The number of hydrogen-bond acceptors (Lipinski definition) is 2. The van der Waals surface area contributed by atoms with Crippen molar-refractivity contribution in [2.75, 3.05) is 18.0 Å². The summed E-state index contributed by atoms with van der Waals surface area (Å²) in [7, 11) is 0. The summed E-state index contributed by atoms with van der Waals surface area (Å²) in [5.74, 6) is 0.962. The van der Waals surface area contributed by atoms with Crippen LogP contribution in [-0.4, -0.2) is 19.1 Å². The smallest absolute Gasteiger partial charge is 0.0369 e. The van der Waals surface area contributed by atoms with Crippen molar-refractivity contribution < 1.29 is 0 Å². The van der Waals surface area contributed by atoms with Gasteiger partial charge in [-0.15, -0.1) is 0 Å². The van der Waals surface area contributed by atoms with Gasteiger partial charge in [0.1, 0.15) is 0 Å². The molecule has 2 nitrogen and oxygen atoms in total. The van der Waals surface area contributed by atoms with Crippen molar-refractivity contribution in [2.45, 2.75) is 64.5 Å². The van der Waals surface area contributed by atoms with Gasteiger partial charge in [-0.05, 0) is 69.2 Å². The van der Waals surface area contributed by atoms with Crippen LogP contribution in [0.4, 0.5) is 5.69 Å². The Kier molecular flexibility index (Phi) is 4.84. The van der Waals surface area contributed by atoms with Crippen LogP contribution in [-0.2, 0) is 0 Å². The number of piperidine rings is 1. The fourth-order valence-corrected chi connectivity index (χ4v) is 4.21. The highest BCUT2D eigenvalue weighted by Gasteiger charge is 2.34. The van der Waals surface area contributed by atoms with E-state index in [2.05, 4.69) is 48.3 Å². The zero-order valence-corrected chi connectivity index (χ0v) is 13.6. The molecule has 1 heterocycles. The molecule has 2 heteroatoms. The topological polar surface area (TPSA) is 15.3 Å². The quantitative estimate of drug-likeness (QED) is 0.856. The highest BCUT2D eigenvalue weighted by Crippen LogP contribution is 2.39. The van der Waals surface area contributed by atoms with Crippen LogP contribution in [0.2, 0.25) is 0 Å². The molecular weight excluding hydrogens is 256 g/mol. The Hall–Kier alpha value is -1.02. The van der Waals surface area contributed by atoms with E-state index in [0.717, 1.165) is 18.5 Å². The van der Waals surface area contributed by atoms with E-state index in [4.69, 9.17) is 0 Å². The average molecular weight is 286 g/mol. The Morgan fingerprint density at radius 1 is 1.14 bits per heavy atom. The second-order valence-electron chi connectivity index (χ2n) is 6.86. The van der Waals surface area contributed by atoms with Gasteiger partial charge in [0.15, 0.2) is 0 Å². The largest absolute Gasteiger partial charge is 0.368 e. The molecule has 1 saturated carbocycles. The first-order valence-corrected chi connectivity index (χ1v) is 8.89. The second kappa shape index (κ2) is 6.83. The molecular formula is C19H30N2. The van der Waals surface area contributed by atoms with Gasteiger partial charge in [-0.1, -0.05) is 25.5 Å². The minimum absolute atomic E-state index is 0.458. The van der Waals surface area contributed by atoms with Crippen LogP contribution < -0.4 is 10.2 Å². The second-order valence-corrected chi connectivity index (χ2v) is 6.86. The van der Waals surface area contributed by atoms with Crippen molar-refractivity contribution in [1.29, 1.82) is 0 Å². The summed E-state index contributed by atoms with van der Waals surface area (Å²) in [4.78, 5) is 2.69. The molecule has 0 amide bonds. The van der Waals surface area contributed by atoms with E-state index in [9.17, 15) is 0 Å². The van der Waals surface area contributed by atoms with Crippen LogP contribution in [0, 0.1) is 5.92 Å². The van der Waals surface area contributed by atoms with Gasteiger partial charge in [0.2, 0.25) is 0 Å². The third-order valence-electron chi connectivity index (χ3n) is 5.42. The molecule has 0 bridgehead atoms. The fourth-order valence-electron chi connectivity index (χ4n) is 4.21. The zero-order valence-electron chi connectivity index (χ0n) is 13.6. The minimum atomic E-state index is 0.458. The highest BCUT2D eigenvalue weighted by molar-refractivity contribution is 5.49. The Balaban J connectivity index is 1.68. The number of anilines is 1. The first-order chi connectivity index (χ1) is 10.3. The maximum absolute atomic E-state index is 3.57. The van der Waals surface area contributed by atoms with Crippen LogP contribution in [0.1, 0.15) is 64.0 Å². The molecule has 1 aliphatic heterocycles. The van der Waals surface area contributed by atoms with Gasteiger partial charge in [0.25, 0.3) is 0 Å². The molecule has 1 N–H and O–H groups in total. The Morgan fingerprint density at radius 2 is 1.90 bits per heavy atom. The third-order valence-corrected chi connectivity index (χ3v) is 5.42. The third kappa shape index (κ3) is 3.26. The molecule has 3 atom stereocenters. The van der Waals surface area contributed by atoms with Crippen LogP contribution in [0.3, 0.4) is 0 Å². The lowest BCUT2D eigenvalue weighted by atomic mass is 9.91. The average Bonchev–Trinajstić information content (AvgIpc) is 3.01. The number of nitrogens with one attached hydrogen (secondary N) is 1. The van der Waals surface area contributed by atoms with E-state index >= 15 is 0 Å². The number of benzene rings is 1. The summed E-state index contributed by atoms with van der Waals surface area (Å²) >= 11 is 0. The van der Waals surface area contributed by atoms with Crippen molar-refractivity contribution in [3.05, 3.63) is 29.8 Å². The van der Waals surface area contributed by atoms with Crippen molar-refractivity contribution >= 4 is 5.69 Å². The van der Waals surface area contributed by atoms with Gasteiger partial charge in [-0.3, -0.25) is 0 Å². The number of rotatable bonds is 5. The first kappa shape index (κ1) is 14.9. The monoisotopic (exact) mass is 286 g/mol. The van der Waals surface area contributed by atoms with E-state index < -0.39 is 0 Å². The van der Waals surface area contributed by atoms with Gasteiger partial charge >= 0.3 is 0 Å². The van der Waals surface area contributed by atoms with Gasteiger partial charge in [0.05, 0.1) is 0 Å². The molecule has 116 valence electrons. The summed E-state index contributed by atoms with van der Waals surface area (Å²) in [6.45, 7) is 6.83. The minimum Gasteiger partial charge on any atom is -0.368 e. The molecule has 1 saturated heterocycles.